The Morgan fingerprint density at radius 2 is 1.85 bits per heavy atom. The van der Waals surface area contributed by atoms with Crippen molar-refractivity contribution in [1.82, 2.24) is 5.32 Å². The van der Waals surface area contributed by atoms with E-state index in [0.717, 1.165) is 36.6 Å². The van der Waals surface area contributed by atoms with Gasteiger partial charge in [-0.1, -0.05) is 13.3 Å². The molecule has 1 aromatic carbocycles. The second-order valence-corrected chi connectivity index (χ2v) is 9.93. The second kappa shape index (κ2) is 10.4. The molecule has 180 valence electrons. The highest BCUT2D eigenvalue weighted by Gasteiger charge is 2.29. The molecule has 1 saturated carbocycles. The summed E-state index contributed by atoms with van der Waals surface area (Å²) in [5.74, 6) is 0.299. The van der Waals surface area contributed by atoms with E-state index in [1.165, 1.54) is 6.07 Å². The van der Waals surface area contributed by atoms with Gasteiger partial charge < -0.3 is 19.2 Å². The van der Waals surface area contributed by atoms with Gasteiger partial charge in [0.25, 0.3) is 0 Å². The molecule has 1 N–H and O–H groups in total. The molecule has 7 nitrogen and oxygen atoms in total. The van der Waals surface area contributed by atoms with Crippen molar-refractivity contribution in [3.63, 3.8) is 0 Å². The van der Waals surface area contributed by atoms with Crippen molar-refractivity contribution in [1.29, 1.82) is 0 Å². The number of benzene rings is 1. The third-order valence-corrected chi connectivity index (χ3v) is 6.04. The normalized spacial score (nSPS) is 18.7. The van der Waals surface area contributed by atoms with Gasteiger partial charge in [0.2, 0.25) is 0 Å². The first kappa shape index (κ1) is 24.8. The Hall–Kier alpha value is -2.83. The number of esters is 1. The molecule has 1 heterocycles. The average Bonchev–Trinajstić information content (AvgIpc) is 2.74. The predicted octanol–water partition coefficient (Wildman–Crippen LogP) is 5.29. The summed E-state index contributed by atoms with van der Waals surface area (Å²) in [6, 6.07) is 5.18. The topological polar surface area (TPSA) is 94.8 Å². The predicted molar refractivity (Wildman–Crippen MR) is 127 cm³/mol. The Kier molecular flexibility index (Phi) is 7.82. The lowest BCUT2D eigenvalue weighted by atomic mass is 9.82. The van der Waals surface area contributed by atoms with Gasteiger partial charge >= 0.3 is 17.7 Å². The molecule has 0 bridgehead atoms. The molecule has 7 heteroatoms. The molecule has 0 radical (unpaired) electrons. The van der Waals surface area contributed by atoms with E-state index in [1.54, 1.807) is 6.07 Å². The van der Waals surface area contributed by atoms with E-state index in [2.05, 4.69) is 12.2 Å². The zero-order chi connectivity index (χ0) is 24.2. The van der Waals surface area contributed by atoms with E-state index < -0.39 is 17.3 Å². The van der Waals surface area contributed by atoms with Crippen LogP contribution in [-0.2, 0) is 16.0 Å². The smallest absolute Gasteiger partial charge is 0.407 e. The van der Waals surface area contributed by atoms with Gasteiger partial charge in [0, 0.05) is 23.6 Å². The van der Waals surface area contributed by atoms with Crippen LogP contribution in [0.4, 0.5) is 4.79 Å². The number of carbonyl (C=O) groups is 2. The fourth-order valence-corrected chi connectivity index (χ4v) is 4.33. The lowest BCUT2D eigenvalue weighted by molar-refractivity contribution is -0.140. The highest BCUT2D eigenvalue weighted by molar-refractivity contribution is 5.86. The van der Waals surface area contributed by atoms with Crippen LogP contribution in [0.5, 0.6) is 5.75 Å². The van der Waals surface area contributed by atoms with Crippen molar-refractivity contribution in [2.75, 3.05) is 6.54 Å². The van der Waals surface area contributed by atoms with E-state index in [9.17, 15) is 14.4 Å². The van der Waals surface area contributed by atoms with Crippen molar-refractivity contribution in [3.05, 3.63) is 39.7 Å². The molecule has 1 aliphatic rings. The first-order valence-electron chi connectivity index (χ1n) is 11.8. The van der Waals surface area contributed by atoms with Gasteiger partial charge in [-0.05, 0) is 83.4 Å². The van der Waals surface area contributed by atoms with E-state index in [0.29, 0.717) is 42.2 Å². The molecule has 0 unspecified atom stereocenters. The average molecular weight is 458 g/mol. The maximum atomic E-state index is 12.8. The molecule has 0 spiro atoms. The number of carbonyl (C=O) groups excluding carboxylic acids is 2. The zero-order valence-corrected chi connectivity index (χ0v) is 20.3. The van der Waals surface area contributed by atoms with Gasteiger partial charge in [0.05, 0.1) is 5.92 Å². The monoisotopic (exact) mass is 457 g/mol. The Morgan fingerprint density at radius 1 is 1.15 bits per heavy atom. The fourth-order valence-electron chi connectivity index (χ4n) is 4.33. The summed E-state index contributed by atoms with van der Waals surface area (Å²) in [6.45, 7) is 9.91. The highest BCUT2D eigenvalue weighted by Crippen LogP contribution is 2.33. The zero-order valence-electron chi connectivity index (χ0n) is 20.3. The largest absolute Gasteiger partial charge is 0.444 e. The van der Waals surface area contributed by atoms with E-state index in [-0.39, 0.29) is 11.9 Å². The maximum absolute atomic E-state index is 12.8. The number of ether oxygens (including phenoxy) is 2. The number of nitrogens with one attached hydrogen (secondary N) is 1. The van der Waals surface area contributed by atoms with Gasteiger partial charge in [-0.3, -0.25) is 4.79 Å². The van der Waals surface area contributed by atoms with E-state index in [1.807, 2.05) is 33.8 Å². The second-order valence-electron chi connectivity index (χ2n) is 9.93. The molecular weight excluding hydrogens is 422 g/mol. The molecule has 1 aliphatic carbocycles. The van der Waals surface area contributed by atoms with Crippen LogP contribution in [-0.4, -0.2) is 24.2 Å². The molecule has 1 fully saturated rings. The fraction of sp³-hybridized carbons (Fsp3) is 0.577. The van der Waals surface area contributed by atoms with Crippen molar-refractivity contribution in [2.45, 2.75) is 78.7 Å². The minimum absolute atomic E-state index is 0.184. The Balaban J connectivity index is 1.58. The van der Waals surface area contributed by atoms with Gasteiger partial charge in [0.1, 0.15) is 16.9 Å². The first-order valence-corrected chi connectivity index (χ1v) is 11.8. The standard InChI is InChI=1S/C26H35NO6/c1-6-7-19-14-22(28)32-23-16(2)21(13-12-20(19)23)31-24(29)18-10-8-17(9-11-18)15-27-25(30)33-26(3,4)5/h12-14,17-18H,6-11,15H2,1-5H3,(H,27,30). The van der Waals surface area contributed by atoms with Crippen LogP contribution in [0.25, 0.3) is 11.0 Å². The number of alkyl carbamates (subject to hydrolysis) is 1. The van der Waals surface area contributed by atoms with Crippen molar-refractivity contribution >= 4 is 23.0 Å². The first-order chi connectivity index (χ1) is 15.6. The lowest BCUT2D eigenvalue weighted by Crippen LogP contribution is -2.36. The molecule has 3 rings (SSSR count). The van der Waals surface area contributed by atoms with Gasteiger partial charge in [-0.25, -0.2) is 9.59 Å². The van der Waals surface area contributed by atoms with Crippen LogP contribution in [0.3, 0.4) is 0 Å². The third-order valence-electron chi connectivity index (χ3n) is 6.04. The number of aryl methyl sites for hydroxylation is 2. The lowest BCUT2D eigenvalue weighted by Gasteiger charge is -2.28. The minimum Gasteiger partial charge on any atom is -0.444 e. The quantitative estimate of drug-likeness (QED) is 0.360. The van der Waals surface area contributed by atoms with E-state index in [4.69, 9.17) is 13.9 Å². The Bertz CT molecular complexity index is 1060. The summed E-state index contributed by atoms with van der Waals surface area (Å²) in [6.07, 6.45) is 4.38. The van der Waals surface area contributed by atoms with Crippen LogP contribution < -0.4 is 15.7 Å². The molecule has 33 heavy (non-hydrogen) atoms. The molecule has 0 atom stereocenters. The van der Waals surface area contributed by atoms with Gasteiger partial charge in [-0.15, -0.1) is 0 Å². The highest BCUT2D eigenvalue weighted by atomic mass is 16.6. The maximum Gasteiger partial charge on any atom is 0.407 e. The molecule has 1 amide bonds. The van der Waals surface area contributed by atoms with Crippen molar-refractivity contribution < 1.29 is 23.5 Å². The van der Waals surface area contributed by atoms with Gasteiger partial charge in [0.15, 0.2) is 0 Å². The molecular formula is C26H35NO6. The van der Waals surface area contributed by atoms with Crippen LogP contribution in [0.1, 0.15) is 70.9 Å². The Morgan fingerprint density at radius 3 is 2.48 bits per heavy atom. The number of hydrogen-bond donors (Lipinski definition) is 1. The Labute approximate surface area is 194 Å². The number of rotatable bonds is 6. The molecule has 0 aliphatic heterocycles. The summed E-state index contributed by atoms with van der Waals surface area (Å²) in [5, 5.41) is 3.70. The summed E-state index contributed by atoms with van der Waals surface area (Å²) >= 11 is 0. The summed E-state index contributed by atoms with van der Waals surface area (Å²) in [7, 11) is 0. The SMILES string of the molecule is CCCc1cc(=O)oc2c(C)c(OC(=O)C3CCC(CNC(=O)OC(C)(C)C)CC3)ccc12. The number of fused-ring (bicyclic) bond motifs is 1. The van der Waals surface area contributed by atoms with Gasteiger partial charge in [-0.2, -0.15) is 0 Å². The van der Waals surface area contributed by atoms with E-state index >= 15 is 0 Å². The summed E-state index contributed by atoms with van der Waals surface area (Å²) in [5.41, 5.74) is 1.17. The number of amides is 1. The van der Waals surface area contributed by atoms with Crippen LogP contribution in [0.15, 0.2) is 27.4 Å². The van der Waals surface area contributed by atoms with Crippen LogP contribution in [0.2, 0.25) is 0 Å². The van der Waals surface area contributed by atoms with Crippen LogP contribution >= 0.6 is 0 Å². The molecule has 1 aromatic heterocycles. The minimum atomic E-state index is -0.521. The van der Waals surface area contributed by atoms with Crippen LogP contribution in [0, 0.1) is 18.8 Å². The molecule has 0 saturated heterocycles. The summed E-state index contributed by atoms with van der Waals surface area (Å²) < 4.78 is 16.4. The van der Waals surface area contributed by atoms with Crippen molar-refractivity contribution in [3.8, 4) is 5.75 Å². The summed E-state index contributed by atoms with van der Waals surface area (Å²) in [4.78, 5) is 36.7. The number of hydrogen-bond acceptors (Lipinski definition) is 6. The van der Waals surface area contributed by atoms with Crippen molar-refractivity contribution in [2.24, 2.45) is 11.8 Å². The molecule has 2 aromatic rings. The third kappa shape index (κ3) is 6.59.